The van der Waals surface area contributed by atoms with Gasteiger partial charge < -0.3 is 23.6 Å². The molecule has 0 atom stereocenters. The fourth-order valence-electron chi connectivity index (χ4n) is 1.54. The van der Waals surface area contributed by atoms with Crippen LogP contribution in [-0.2, 0) is 4.65 Å². The van der Waals surface area contributed by atoms with Gasteiger partial charge in [0, 0.05) is 11.1 Å². The molecule has 2 N–H and O–H groups in total. The van der Waals surface area contributed by atoms with Crippen LogP contribution in [0.2, 0.25) is 0 Å². The zero-order valence-corrected chi connectivity index (χ0v) is 12.1. The Morgan fingerprint density at radius 3 is 2.40 bits per heavy atom. The van der Waals surface area contributed by atoms with Crippen LogP contribution in [0, 0.1) is 0 Å². The summed E-state index contributed by atoms with van der Waals surface area (Å²) in [5.41, 5.74) is -0.117. The van der Waals surface area contributed by atoms with Gasteiger partial charge in [0.05, 0.1) is 30.0 Å². The van der Waals surface area contributed by atoms with Gasteiger partial charge in [-0.3, -0.25) is 0 Å². The lowest BCUT2D eigenvalue weighted by Crippen LogP contribution is -2.52. The van der Waals surface area contributed by atoms with Gasteiger partial charge in [-0.05, 0) is 39.8 Å². The predicted molar refractivity (Wildman–Crippen MR) is 75.5 cm³/mol. The van der Waals surface area contributed by atoms with Crippen LogP contribution < -0.4 is 5.66 Å². The largest absolute Gasteiger partial charge is 0.529 e. The van der Waals surface area contributed by atoms with Crippen LogP contribution in [0.15, 0.2) is 39.8 Å². The molecule has 20 heavy (non-hydrogen) atoms. The molecule has 2 aromatic rings. The third-order valence-electron chi connectivity index (χ3n) is 3.60. The van der Waals surface area contributed by atoms with Crippen molar-refractivity contribution < 1.29 is 23.6 Å². The van der Waals surface area contributed by atoms with Crippen molar-refractivity contribution in [3.8, 4) is 11.1 Å². The summed E-state index contributed by atoms with van der Waals surface area (Å²) < 4.78 is 15.8. The van der Waals surface area contributed by atoms with Crippen LogP contribution in [0.4, 0.5) is 0 Å². The molecule has 2 rings (SSSR count). The summed E-state index contributed by atoms with van der Waals surface area (Å²) in [6, 6.07) is 3.47. The number of furan rings is 2. The summed E-state index contributed by atoms with van der Waals surface area (Å²) in [4.78, 5) is 0. The van der Waals surface area contributed by atoms with Crippen molar-refractivity contribution in [1.82, 2.24) is 0 Å². The van der Waals surface area contributed by atoms with Gasteiger partial charge in [-0.15, -0.1) is 0 Å². The van der Waals surface area contributed by atoms with Gasteiger partial charge in [-0.1, -0.05) is 0 Å². The van der Waals surface area contributed by atoms with E-state index in [0.717, 1.165) is 11.1 Å². The first kappa shape index (κ1) is 14.9. The average Bonchev–Trinajstić information content (AvgIpc) is 2.98. The first-order valence-electron chi connectivity index (χ1n) is 6.40. The predicted octanol–water partition coefficient (Wildman–Crippen LogP) is 1.79. The third-order valence-corrected chi connectivity index (χ3v) is 3.60. The first-order chi connectivity index (χ1) is 9.21. The van der Waals surface area contributed by atoms with Crippen molar-refractivity contribution in [1.29, 1.82) is 0 Å². The van der Waals surface area contributed by atoms with E-state index in [2.05, 4.69) is 0 Å². The Bertz CT molecular complexity index is 550. The summed E-state index contributed by atoms with van der Waals surface area (Å²) in [5.74, 6) is 0. The summed E-state index contributed by atoms with van der Waals surface area (Å²) in [7, 11) is -1.25. The standard InChI is InChI=1S/C14H19BO5/c1-13(2,16)14(3,4)20-15(17)12-7-11(9-19-12)10-5-6-18-8-10/h5-9,16-17H,1-4H3. The zero-order chi connectivity index (χ0) is 15.0. The minimum Gasteiger partial charge on any atom is -0.472 e. The molecule has 0 aliphatic rings. The Morgan fingerprint density at radius 2 is 1.85 bits per heavy atom. The van der Waals surface area contributed by atoms with Crippen LogP contribution in [0.25, 0.3) is 11.1 Å². The van der Waals surface area contributed by atoms with Crippen molar-refractivity contribution in [2.75, 3.05) is 0 Å². The maximum Gasteiger partial charge on any atom is 0.529 e. The highest BCUT2D eigenvalue weighted by atomic mass is 16.6. The van der Waals surface area contributed by atoms with Crippen LogP contribution in [0.1, 0.15) is 27.7 Å². The molecule has 2 aromatic heterocycles. The second kappa shape index (κ2) is 5.12. The van der Waals surface area contributed by atoms with Crippen LogP contribution >= 0.6 is 0 Å². The molecule has 0 amide bonds. The number of rotatable bonds is 5. The minimum atomic E-state index is -1.25. The Balaban J connectivity index is 2.13. The molecule has 108 valence electrons. The molecule has 0 radical (unpaired) electrons. The molecular formula is C14H19BO5. The lowest BCUT2D eigenvalue weighted by atomic mass is 9.81. The van der Waals surface area contributed by atoms with Crippen LogP contribution in [0.3, 0.4) is 0 Å². The molecule has 5 nitrogen and oxygen atoms in total. The first-order valence-corrected chi connectivity index (χ1v) is 6.40. The van der Waals surface area contributed by atoms with Crippen LogP contribution in [-0.4, -0.2) is 28.5 Å². The van der Waals surface area contributed by atoms with Gasteiger partial charge in [0.1, 0.15) is 5.66 Å². The fraction of sp³-hybridized carbons (Fsp3) is 0.429. The molecule has 0 aliphatic heterocycles. The highest BCUT2D eigenvalue weighted by Crippen LogP contribution is 2.26. The van der Waals surface area contributed by atoms with E-state index in [1.165, 1.54) is 6.26 Å². The number of hydrogen-bond acceptors (Lipinski definition) is 5. The quantitative estimate of drug-likeness (QED) is 0.815. The van der Waals surface area contributed by atoms with E-state index in [1.807, 2.05) is 0 Å². The van der Waals surface area contributed by atoms with Gasteiger partial charge in [-0.2, -0.15) is 0 Å². The molecular weight excluding hydrogens is 259 g/mol. The molecule has 2 heterocycles. The van der Waals surface area contributed by atoms with Gasteiger partial charge in [0.2, 0.25) is 0 Å². The molecule has 0 spiro atoms. The van der Waals surface area contributed by atoms with E-state index in [1.54, 1.807) is 52.4 Å². The van der Waals surface area contributed by atoms with Crippen LogP contribution in [0.5, 0.6) is 0 Å². The topological polar surface area (TPSA) is 76.0 Å². The summed E-state index contributed by atoms with van der Waals surface area (Å²) in [5, 5.41) is 20.1. The van der Waals surface area contributed by atoms with E-state index in [4.69, 9.17) is 13.5 Å². The Morgan fingerprint density at radius 1 is 1.15 bits per heavy atom. The van der Waals surface area contributed by atoms with Crippen molar-refractivity contribution in [3.05, 3.63) is 30.9 Å². The van der Waals surface area contributed by atoms with Gasteiger partial charge in [0.15, 0.2) is 0 Å². The van der Waals surface area contributed by atoms with E-state index >= 15 is 0 Å². The van der Waals surface area contributed by atoms with Crippen molar-refractivity contribution >= 4 is 12.8 Å². The SMILES string of the molecule is CC(C)(O)C(C)(C)OB(O)c1cc(-c2ccoc2)co1. The number of aliphatic hydroxyl groups is 1. The van der Waals surface area contributed by atoms with Crippen molar-refractivity contribution in [2.24, 2.45) is 0 Å². The molecule has 0 saturated carbocycles. The van der Waals surface area contributed by atoms with Gasteiger partial charge in [-0.25, -0.2) is 0 Å². The number of hydrogen-bond donors (Lipinski definition) is 2. The molecule has 0 aliphatic carbocycles. The minimum absolute atomic E-state index is 0.276. The smallest absolute Gasteiger partial charge is 0.472 e. The summed E-state index contributed by atoms with van der Waals surface area (Å²) >= 11 is 0. The monoisotopic (exact) mass is 278 g/mol. The van der Waals surface area contributed by atoms with Crippen molar-refractivity contribution in [2.45, 2.75) is 38.9 Å². The second-order valence-electron chi connectivity index (χ2n) is 5.79. The van der Waals surface area contributed by atoms with Gasteiger partial charge >= 0.3 is 7.12 Å². The Hall–Kier alpha value is -1.50. The normalized spacial score (nSPS) is 12.7. The molecule has 0 fully saturated rings. The third kappa shape index (κ3) is 2.98. The highest BCUT2D eigenvalue weighted by molar-refractivity contribution is 6.58. The second-order valence-corrected chi connectivity index (χ2v) is 5.79. The summed E-state index contributed by atoms with van der Waals surface area (Å²) in [6.07, 6.45) is 4.67. The van der Waals surface area contributed by atoms with E-state index < -0.39 is 18.3 Å². The molecule has 0 bridgehead atoms. The Labute approximate surface area is 118 Å². The molecule has 6 heteroatoms. The molecule has 0 unspecified atom stereocenters. The molecule has 0 aromatic carbocycles. The average molecular weight is 278 g/mol. The zero-order valence-electron chi connectivity index (χ0n) is 12.1. The molecule has 0 saturated heterocycles. The lowest BCUT2D eigenvalue weighted by molar-refractivity contribution is -0.0986. The van der Waals surface area contributed by atoms with E-state index in [9.17, 15) is 10.1 Å². The van der Waals surface area contributed by atoms with E-state index in [-0.39, 0.29) is 5.66 Å². The maximum atomic E-state index is 10.1. The lowest BCUT2D eigenvalue weighted by Gasteiger charge is -2.38. The van der Waals surface area contributed by atoms with E-state index in [0.29, 0.717) is 0 Å². The maximum absolute atomic E-state index is 10.1. The van der Waals surface area contributed by atoms with Gasteiger partial charge in [0.25, 0.3) is 0 Å². The highest BCUT2D eigenvalue weighted by Gasteiger charge is 2.40. The summed E-state index contributed by atoms with van der Waals surface area (Å²) in [6.45, 7) is 6.66. The Kier molecular flexibility index (Phi) is 3.82. The van der Waals surface area contributed by atoms with Crippen molar-refractivity contribution in [3.63, 3.8) is 0 Å². The fourth-order valence-corrected chi connectivity index (χ4v) is 1.54.